The Labute approximate surface area is 202 Å². The first-order valence-corrected chi connectivity index (χ1v) is 13.2. The average Bonchev–Trinajstić information content (AvgIpc) is 2.92. The summed E-state index contributed by atoms with van der Waals surface area (Å²) in [5.41, 5.74) is 8.94. The minimum Gasteiger partial charge on any atom is -0.0996 e. The highest BCUT2D eigenvalue weighted by molar-refractivity contribution is 8.04. The third kappa shape index (κ3) is 5.28. The predicted octanol–water partition coefficient (Wildman–Crippen LogP) is 8.58. The van der Waals surface area contributed by atoms with Gasteiger partial charge in [-0.2, -0.15) is 0 Å². The fourth-order valence-corrected chi connectivity index (χ4v) is 6.14. The van der Waals surface area contributed by atoms with Crippen LogP contribution in [-0.4, -0.2) is 6.71 Å². The lowest BCUT2D eigenvalue weighted by Gasteiger charge is -2.37. The normalized spacial score (nSPS) is 17.8. The monoisotopic (exact) mass is 444 g/mol. The Balaban J connectivity index is 2.27. The van der Waals surface area contributed by atoms with Gasteiger partial charge in [-0.3, -0.25) is 0 Å². The minimum atomic E-state index is 0.327. The first-order valence-electron chi connectivity index (χ1n) is 12.4. The van der Waals surface area contributed by atoms with Gasteiger partial charge in [0.2, 0.25) is 6.71 Å². The van der Waals surface area contributed by atoms with Crippen molar-refractivity contribution >= 4 is 23.9 Å². The van der Waals surface area contributed by atoms with E-state index in [9.17, 15) is 0 Å². The Bertz CT molecular complexity index is 984. The SMILES string of the molecule is C=C(CC(/C(B1C2=CCC=C(C)C=C2Sc2ccccc21)=C(\C)C(C)C)C(C)C)C(C)C. The van der Waals surface area contributed by atoms with Gasteiger partial charge in [0.1, 0.15) is 0 Å². The summed E-state index contributed by atoms with van der Waals surface area (Å²) in [6.07, 6.45) is 9.35. The fourth-order valence-electron chi connectivity index (χ4n) is 4.89. The van der Waals surface area contributed by atoms with Gasteiger partial charge in [0.15, 0.2) is 0 Å². The summed E-state index contributed by atoms with van der Waals surface area (Å²) in [6.45, 7) is 23.5. The molecule has 0 saturated carbocycles. The van der Waals surface area contributed by atoms with Crippen molar-refractivity contribution in [2.24, 2.45) is 23.7 Å². The highest BCUT2D eigenvalue weighted by Gasteiger charge is 2.39. The molecule has 1 aliphatic carbocycles. The van der Waals surface area contributed by atoms with Crippen LogP contribution in [0.5, 0.6) is 0 Å². The summed E-state index contributed by atoms with van der Waals surface area (Å²) in [5, 5.41) is 0. The summed E-state index contributed by atoms with van der Waals surface area (Å²) in [7, 11) is 0. The van der Waals surface area contributed by atoms with E-state index in [-0.39, 0.29) is 0 Å². The highest BCUT2D eigenvalue weighted by atomic mass is 32.2. The molecule has 0 amide bonds. The molecule has 170 valence electrons. The van der Waals surface area contributed by atoms with Crippen LogP contribution in [0.1, 0.15) is 68.2 Å². The van der Waals surface area contributed by atoms with Gasteiger partial charge in [-0.25, -0.2) is 0 Å². The van der Waals surface area contributed by atoms with Crippen molar-refractivity contribution in [3.63, 3.8) is 0 Å². The lowest BCUT2D eigenvalue weighted by atomic mass is 9.32. The molecule has 0 N–H and O–H groups in total. The van der Waals surface area contributed by atoms with Crippen LogP contribution in [0.2, 0.25) is 0 Å². The smallest absolute Gasteiger partial charge is 0.0996 e. The van der Waals surface area contributed by atoms with Gasteiger partial charge in [0, 0.05) is 9.80 Å². The van der Waals surface area contributed by atoms with E-state index in [4.69, 9.17) is 0 Å². The van der Waals surface area contributed by atoms with Crippen LogP contribution in [-0.2, 0) is 0 Å². The van der Waals surface area contributed by atoms with E-state index in [1.165, 1.54) is 31.9 Å². The first kappa shape index (κ1) is 25.0. The summed E-state index contributed by atoms with van der Waals surface area (Å²) in [6, 6.07) is 9.10. The van der Waals surface area contributed by atoms with Crippen LogP contribution in [0.25, 0.3) is 0 Å². The number of hydrogen-bond donors (Lipinski definition) is 0. The number of rotatable bonds is 7. The van der Waals surface area contributed by atoms with E-state index in [1.807, 2.05) is 11.8 Å². The molecule has 0 fully saturated rings. The number of benzene rings is 1. The van der Waals surface area contributed by atoms with Crippen molar-refractivity contribution < 1.29 is 0 Å². The summed E-state index contributed by atoms with van der Waals surface area (Å²) in [4.78, 5) is 2.84. The van der Waals surface area contributed by atoms with Gasteiger partial charge in [0.25, 0.3) is 0 Å². The Morgan fingerprint density at radius 2 is 1.72 bits per heavy atom. The molecular formula is C30H41BS. The lowest BCUT2D eigenvalue weighted by Crippen LogP contribution is -2.43. The van der Waals surface area contributed by atoms with Crippen molar-refractivity contribution in [2.45, 2.75) is 73.1 Å². The van der Waals surface area contributed by atoms with E-state index in [2.05, 4.69) is 104 Å². The largest absolute Gasteiger partial charge is 0.239 e. The van der Waals surface area contributed by atoms with Crippen LogP contribution < -0.4 is 5.46 Å². The zero-order valence-electron chi connectivity index (χ0n) is 21.5. The maximum Gasteiger partial charge on any atom is 0.239 e. The molecule has 1 aromatic carbocycles. The zero-order valence-corrected chi connectivity index (χ0v) is 22.3. The van der Waals surface area contributed by atoms with Crippen molar-refractivity contribution in [3.05, 3.63) is 81.6 Å². The van der Waals surface area contributed by atoms with Gasteiger partial charge in [-0.15, -0.1) is 0 Å². The van der Waals surface area contributed by atoms with E-state index in [0.29, 0.717) is 30.4 Å². The minimum absolute atomic E-state index is 0.327. The van der Waals surface area contributed by atoms with E-state index < -0.39 is 0 Å². The predicted molar refractivity (Wildman–Crippen MR) is 147 cm³/mol. The third-order valence-electron chi connectivity index (χ3n) is 7.32. The molecule has 1 aromatic rings. The number of allylic oxidation sites excluding steroid dienone is 8. The van der Waals surface area contributed by atoms with E-state index in [0.717, 1.165) is 12.8 Å². The Kier molecular flexibility index (Phi) is 8.20. The maximum atomic E-state index is 4.50. The summed E-state index contributed by atoms with van der Waals surface area (Å²) < 4.78 is 0. The molecule has 0 nitrogen and oxygen atoms in total. The number of thioether (sulfide) groups is 1. The summed E-state index contributed by atoms with van der Waals surface area (Å²) in [5.74, 6) is 2.10. The van der Waals surface area contributed by atoms with Crippen LogP contribution in [0, 0.1) is 23.7 Å². The van der Waals surface area contributed by atoms with Crippen LogP contribution in [0.15, 0.2) is 86.5 Å². The molecule has 0 bridgehead atoms. The molecule has 32 heavy (non-hydrogen) atoms. The Hall–Kier alpha value is -1.67. The quantitative estimate of drug-likeness (QED) is 0.300. The standard InChI is InChI=1S/C30H41BS/c1-19(2)23(8)18-25(21(5)6)30(24(9)20(3)4)31-26-14-10-11-16-28(26)32-29-17-22(7)13-12-15-27(29)31/h10-11,13-17,19-21,25H,8,12,18H2,1-7,9H3/b30-24-. The molecule has 3 rings (SSSR count). The molecule has 1 heterocycles. The van der Waals surface area contributed by atoms with Crippen molar-refractivity contribution in [1.82, 2.24) is 0 Å². The van der Waals surface area contributed by atoms with Crippen LogP contribution in [0.3, 0.4) is 0 Å². The van der Waals surface area contributed by atoms with Gasteiger partial charge >= 0.3 is 0 Å². The molecular weight excluding hydrogens is 403 g/mol. The molecule has 0 saturated heterocycles. The van der Waals surface area contributed by atoms with E-state index >= 15 is 0 Å². The van der Waals surface area contributed by atoms with Gasteiger partial charge < -0.3 is 0 Å². The summed E-state index contributed by atoms with van der Waals surface area (Å²) >= 11 is 1.95. The second-order valence-corrected chi connectivity index (χ2v) is 11.7. The molecule has 2 heteroatoms. The van der Waals surface area contributed by atoms with Crippen molar-refractivity contribution in [2.75, 3.05) is 0 Å². The van der Waals surface area contributed by atoms with Gasteiger partial charge in [-0.05, 0) is 62.5 Å². The van der Waals surface area contributed by atoms with Gasteiger partial charge in [-0.1, -0.05) is 123 Å². The maximum absolute atomic E-state index is 4.50. The Morgan fingerprint density at radius 3 is 2.34 bits per heavy atom. The lowest BCUT2D eigenvalue weighted by molar-refractivity contribution is 0.434. The van der Waals surface area contributed by atoms with E-state index in [1.54, 1.807) is 11.0 Å². The molecule has 0 aromatic heterocycles. The molecule has 1 unspecified atom stereocenters. The van der Waals surface area contributed by atoms with Gasteiger partial charge in [0.05, 0.1) is 0 Å². The fraction of sp³-hybridized carbons (Fsp3) is 0.467. The highest BCUT2D eigenvalue weighted by Crippen LogP contribution is 2.45. The molecule has 0 spiro atoms. The van der Waals surface area contributed by atoms with Crippen molar-refractivity contribution in [3.8, 4) is 0 Å². The number of hydrogen-bond acceptors (Lipinski definition) is 1. The van der Waals surface area contributed by atoms with Crippen LogP contribution in [0.4, 0.5) is 0 Å². The second-order valence-electron chi connectivity index (χ2n) is 10.6. The third-order valence-corrected chi connectivity index (χ3v) is 8.48. The zero-order chi connectivity index (χ0) is 23.6. The second kappa shape index (κ2) is 10.5. The molecule has 2 aliphatic rings. The molecule has 0 radical (unpaired) electrons. The topological polar surface area (TPSA) is 0 Å². The van der Waals surface area contributed by atoms with Crippen LogP contribution >= 0.6 is 11.8 Å². The number of fused-ring (bicyclic) bond motifs is 2. The Morgan fingerprint density at radius 1 is 1.03 bits per heavy atom. The molecule has 1 aliphatic heterocycles. The van der Waals surface area contributed by atoms with Crippen molar-refractivity contribution in [1.29, 1.82) is 0 Å². The molecule has 1 atom stereocenters. The first-order chi connectivity index (χ1) is 15.1. The average molecular weight is 445 g/mol.